The molecule has 0 atom stereocenters. The van der Waals surface area contributed by atoms with Gasteiger partial charge in [0.15, 0.2) is 5.16 Å². The van der Waals surface area contributed by atoms with Gasteiger partial charge in [-0.25, -0.2) is 4.98 Å². The maximum absolute atomic E-state index is 12.0. The van der Waals surface area contributed by atoms with Crippen LogP contribution in [0.3, 0.4) is 0 Å². The molecule has 0 aliphatic rings. The first-order chi connectivity index (χ1) is 10.5. The van der Waals surface area contributed by atoms with Crippen LogP contribution in [0, 0.1) is 13.8 Å². The lowest BCUT2D eigenvalue weighted by Crippen LogP contribution is -2.25. The fourth-order valence-corrected chi connectivity index (χ4v) is 3.34. The Balaban J connectivity index is 1.91. The van der Waals surface area contributed by atoms with Crippen molar-refractivity contribution in [1.29, 1.82) is 0 Å². The molecular formula is C15H19N3O2S2. The van der Waals surface area contributed by atoms with Crippen LogP contribution in [0.5, 0.6) is 0 Å². The zero-order valence-electron chi connectivity index (χ0n) is 12.9. The van der Waals surface area contributed by atoms with Gasteiger partial charge in [-0.05, 0) is 43.5 Å². The summed E-state index contributed by atoms with van der Waals surface area (Å²) in [6.07, 6.45) is 2.55. The fourth-order valence-electron chi connectivity index (χ4n) is 2.07. The highest BCUT2D eigenvalue weighted by Gasteiger charge is 2.11. The Morgan fingerprint density at radius 3 is 2.82 bits per heavy atom. The Morgan fingerprint density at radius 1 is 1.45 bits per heavy atom. The number of rotatable bonds is 6. The highest BCUT2D eigenvalue weighted by molar-refractivity contribution is 7.98. The Labute approximate surface area is 137 Å². The molecule has 0 spiro atoms. The van der Waals surface area contributed by atoms with Crippen LogP contribution in [-0.2, 0) is 17.8 Å². The molecular weight excluding hydrogens is 318 g/mol. The van der Waals surface area contributed by atoms with Crippen LogP contribution in [0.15, 0.2) is 21.4 Å². The van der Waals surface area contributed by atoms with E-state index < -0.39 is 0 Å². The van der Waals surface area contributed by atoms with Crippen molar-refractivity contribution in [2.24, 2.45) is 0 Å². The predicted octanol–water partition coefficient (Wildman–Crippen LogP) is 2.42. The molecule has 0 saturated carbocycles. The number of thioether (sulfide) groups is 1. The van der Waals surface area contributed by atoms with Gasteiger partial charge in [-0.15, -0.1) is 11.3 Å². The molecule has 0 radical (unpaired) electrons. The second-order valence-electron chi connectivity index (χ2n) is 4.94. The normalized spacial score (nSPS) is 10.7. The largest absolute Gasteiger partial charge is 0.351 e. The summed E-state index contributed by atoms with van der Waals surface area (Å²) in [6, 6.07) is 2.04. The van der Waals surface area contributed by atoms with E-state index in [0.717, 1.165) is 4.88 Å². The van der Waals surface area contributed by atoms with Crippen LogP contribution in [-0.4, -0.2) is 22.1 Å². The number of aromatic amines is 1. The lowest BCUT2D eigenvalue weighted by molar-refractivity contribution is -0.121. The van der Waals surface area contributed by atoms with E-state index in [-0.39, 0.29) is 17.9 Å². The van der Waals surface area contributed by atoms with Gasteiger partial charge in [0.05, 0.1) is 6.54 Å². The van der Waals surface area contributed by atoms with Gasteiger partial charge in [-0.3, -0.25) is 9.59 Å². The molecule has 2 rings (SSSR count). The molecule has 1 amide bonds. The number of thiophene rings is 1. The van der Waals surface area contributed by atoms with Crippen molar-refractivity contribution in [1.82, 2.24) is 15.3 Å². The summed E-state index contributed by atoms with van der Waals surface area (Å²) in [5, 5.41) is 5.51. The quantitative estimate of drug-likeness (QED) is 0.627. The molecule has 0 aromatic carbocycles. The summed E-state index contributed by atoms with van der Waals surface area (Å²) in [5.74, 6) is -0.0551. The molecule has 0 aliphatic carbocycles. The van der Waals surface area contributed by atoms with Crippen molar-refractivity contribution in [3.05, 3.63) is 43.5 Å². The first-order valence-electron chi connectivity index (χ1n) is 6.94. The van der Waals surface area contributed by atoms with Crippen LogP contribution >= 0.6 is 23.1 Å². The van der Waals surface area contributed by atoms with Gasteiger partial charge >= 0.3 is 0 Å². The van der Waals surface area contributed by atoms with E-state index in [1.54, 1.807) is 18.3 Å². The molecule has 2 heterocycles. The van der Waals surface area contributed by atoms with Crippen molar-refractivity contribution < 1.29 is 4.79 Å². The van der Waals surface area contributed by atoms with Crippen LogP contribution in [0.4, 0.5) is 0 Å². The van der Waals surface area contributed by atoms with Crippen molar-refractivity contribution in [3.8, 4) is 0 Å². The van der Waals surface area contributed by atoms with E-state index in [1.807, 2.05) is 24.6 Å². The van der Waals surface area contributed by atoms with Gasteiger partial charge in [0.2, 0.25) is 5.91 Å². The van der Waals surface area contributed by atoms with Crippen molar-refractivity contribution in [2.45, 2.75) is 38.4 Å². The Morgan fingerprint density at radius 2 is 2.23 bits per heavy atom. The minimum absolute atomic E-state index is 0.0551. The lowest BCUT2D eigenvalue weighted by Gasteiger charge is -2.07. The van der Waals surface area contributed by atoms with E-state index in [4.69, 9.17) is 0 Å². The minimum Gasteiger partial charge on any atom is -0.351 e. The third-order valence-electron chi connectivity index (χ3n) is 3.41. The fraction of sp³-hybridized carbons (Fsp3) is 0.400. The van der Waals surface area contributed by atoms with Gasteiger partial charge in [0.1, 0.15) is 0 Å². The highest BCUT2D eigenvalue weighted by atomic mass is 32.2. The van der Waals surface area contributed by atoms with Gasteiger partial charge < -0.3 is 10.3 Å². The monoisotopic (exact) mass is 337 g/mol. The molecule has 22 heavy (non-hydrogen) atoms. The number of carbonyl (C=O) groups is 1. The topological polar surface area (TPSA) is 74.8 Å². The summed E-state index contributed by atoms with van der Waals surface area (Å²) in [5.41, 5.74) is 2.31. The number of aromatic nitrogens is 2. The molecule has 7 heteroatoms. The van der Waals surface area contributed by atoms with Crippen molar-refractivity contribution in [3.63, 3.8) is 0 Å². The number of amides is 1. The maximum Gasteiger partial charge on any atom is 0.254 e. The van der Waals surface area contributed by atoms with E-state index in [2.05, 4.69) is 15.3 Å². The molecule has 2 N–H and O–H groups in total. The van der Waals surface area contributed by atoms with Gasteiger partial charge in [0.25, 0.3) is 5.56 Å². The van der Waals surface area contributed by atoms with Gasteiger partial charge in [-0.2, -0.15) is 0 Å². The summed E-state index contributed by atoms with van der Waals surface area (Å²) >= 11 is 3.03. The Kier molecular flexibility index (Phi) is 5.79. The Bertz CT molecular complexity index is 722. The van der Waals surface area contributed by atoms with E-state index in [0.29, 0.717) is 29.4 Å². The molecule has 2 aromatic heterocycles. The molecule has 2 aromatic rings. The van der Waals surface area contributed by atoms with Crippen molar-refractivity contribution in [2.75, 3.05) is 6.26 Å². The van der Waals surface area contributed by atoms with E-state index in [1.165, 1.54) is 17.3 Å². The zero-order valence-corrected chi connectivity index (χ0v) is 14.5. The molecule has 0 saturated heterocycles. The van der Waals surface area contributed by atoms with Crippen LogP contribution in [0.25, 0.3) is 0 Å². The maximum atomic E-state index is 12.0. The van der Waals surface area contributed by atoms with Gasteiger partial charge in [-0.1, -0.05) is 11.8 Å². The average Bonchev–Trinajstić information content (AvgIpc) is 2.89. The molecule has 0 fully saturated rings. The van der Waals surface area contributed by atoms with Crippen LogP contribution in [0.1, 0.15) is 28.1 Å². The lowest BCUT2D eigenvalue weighted by atomic mass is 10.1. The zero-order chi connectivity index (χ0) is 16.1. The summed E-state index contributed by atoms with van der Waals surface area (Å²) in [6.45, 7) is 4.37. The summed E-state index contributed by atoms with van der Waals surface area (Å²) < 4.78 is 0. The number of aryl methyl sites for hydroxylation is 2. The number of hydrogen-bond acceptors (Lipinski definition) is 5. The molecule has 0 bridgehead atoms. The second-order valence-corrected chi connectivity index (χ2v) is 6.74. The van der Waals surface area contributed by atoms with Crippen molar-refractivity contribution >= 4 is 29.0 Å². The molecule has 0 unspecified atom stereocenters. The average molecular weight is 337 g/mol. The van der Waals surface area contributed by atoms with Crippen LogP contribution in [0.2, 0.25) is 0 Å². The van der Waals surface area contributed by atoms with Gasteiger partial charge in [0, 0.05) is 22.6 Å². The smallest absolute Gasteiger partial charge is 0.254 e. The third-order valence-corrected chi connectivity index (χ3v) is 5.01. The van der Waals surface area contributed by atoms with E-state index in [9.17, 15) is 9.59 Å². The minimum atomic E-state index is -0.154. The molecule has 5 nitrogen and oxygen atoms in total. The summed E-state index contributed by atoms with van der Waals surface area (Å²) in [7, 11) is 0. The second kappa shape index (κ2) is 7.60. The molecule has 118 valence electrons. The summed E-state index contributed by atoms with van der Waals surface area (Å²) in [4.78, 5) is 32.1. The number of carbonyl (C=O) groups excluding carboxylic acids is 1. The van der Waals surface area contributed by atoms with Crippen LogP contribution < -0.4 is 10.9 Å². The Hall–Kier alpha value is -1.60. The third kappa shape index (κ3) is 4.20. The number of nitrogens with zero attached hydrogens (tertiary/aromatic N) is 1. The standard InChI is InChI=1S/C15H19N3O2S2/c1-9-6-7-22-12(9)8-16-13(19)5-4-11-10(2)17-15(21-3)18-14(11)20/h6-7H,4-5,8H2,1-3H3,(H,16,19)(H,17,18,20). The number of hydrogen-bond donors (Lipinski definition) is 2. The SMILES string of the molecule is CSc1nc(C)c(CCC(=O)NCc2sccc2C)c(=O)[nH]1. The first-order valence-corrected chi connectivity index (χ1v) is 9.05. The number of nitrogens with one attached hydrogen (secondary N) is 2. The van der Waals surface area contributed by atoms with E-state index >= 15 is 0 Å². The molecule has 0 aliphatic heterocycles. The predicted molar refractivity (Wildman–Crippen MR) is 90.6 cm³/mol. The highest BCUT2D eigenvalue weighted by Crippen LogP contribution is 2.15. The first kappa shape index (κ1) is 16.8. The number of H-pyrrole nitrogens is 1.